The molecule has 0 bridgehead atoms. The summed E-state index contributed by atoms with van der Waals surface area (Å²) < 4.78 is 0. The van der Waals surface area contributed by atoms with Gasteiger partial charge >= 0.3 is 0 Å². The summed E-state index contributed by atoms with van der Waals surface area (Å²) in [5.41, 5.74) is 4.31. The number of hydrogen-bond acceptors (Lipinski definition) is 0. The van der Waals surface area contributed by atoms with Crippen LogP contribution >= 0.6 is 0 Å². The van der Waals surface area contributed by atoms with E-state index in [4.69, 9.17) is 0 Å². The zero-order valence-corrected chi connectivity index (χ0v) is 9.00. The quantitative estimate of drug-likeness (QED) is 0.513. The van der Waals surface area contributed by atoms with E-state index in [1.165, 1.54) is 0 Å². The molecule has 5 aliphatic rings. The lowest BCUT2D eigenvalue weighted by Gasteiger charge is -2.43. The van der Waals surface area contributed by atoms with Crippen LogP contribution in [0.1, 0.15) is 41.5 Å². The largest absolute Gasteiger partial charge is 0.0579 e. The molecule has 0 N–H and O–H groups in total. The van der Waals surface area contributed by atoms with Crippen LogP contribution in [0, 0.1) is 32.5 Å². The van der Waals surface area contributed by atoms with Crippen LogP contribution in [0.5, 0.6) is 0 Å². The summed E-state index contributed by atoms with van der Waals surface area (Å²) in [7, 11) is 0. The van der Waals surface area contributed by atoms with Gasteiger partial charge in [-0.25, -0.2) is 0 Å². The van der Waals surface area contributed by atoms with Gasteiger partial charge in [0, 0.05) is 0 Å². The van der Waals surface area contributed by atoms with Crippen molar-refractivity contribution in [3.63, 3.8) is 0 Å². The summed E-state index contributed by atoms with van der Waals surface area (Å²) in [6.07, 6.45) is 0. The highest BCUT2D eigenvalue weighted by molar-refractivity contribution is 5.75. The Labute approximate surface area is 74.7 Å². The summed E-state index contributed by atoms with van der Waals surface area (Å²) in [4.78, 5) is 0. The van der Waals surface area contributed by atoms with Crippen LogP contribution in [-0.2, 0) is 0 Å². The SMILES string of the molecule is CC12C3(C)C1(C)C1(C)C2(C)C31C. The van der Waals surface area contributed by atoms with Gasteiger partial charge in [-0.05, 0) is 32.5 Å². The predicted molar refractivity (Wildman–Crippen MR) is 48.6 cm³/mol. The summed E-state index contributed by atoms with van der Waals surface area (Å²) in [6.45, 7) is 15.2. The monoisotopic (exact) mass is 162 g/mol. The Hall–Kier alpha value is 0. The summed E-state index contributed by atoms with van der Waals surface area (Å²) >= 11 is 0. The number of hydrogen-bond donors (Lipinski definition) is 0. The number of rotatable bonds is 0. The highest BCUT2D eigenvalue weighted by atomic mass is 15.3. The Morgan fingerprint density at radius 2 is 0.417 bits per heavy atom. The average Bonchev–Trinajstić information content (AvgIpc) is 2.54. The van der Waals surface area contributed by atoms with Crippen molar-refractivity contribution in [2.75, 3.05) is 0 Å². The van der Waals surface area contributed by atoms with Gasteiger partial charge in [0.1, 0.15) is 0 Å². The minimum atomic E-state index is 0.719. The molecule has 5 saturated carbocycles. The third-order valence-corrected chi connectivity index (χ3v) is 8.88. The van der Waals surface area contributed by atoms with Gasteiger partial charge in [-0.15, -0.1) is 0 Å². The molecular weight excluding hydrogens is 144 g/mol. The fourth-order valence-corrected chi connectivity index (χ4v) is 8.06. The third-order valence-electron chi connectivity index (χ3n) is 8.88. The van der Waals surface area contributed by atoms with Crippen molar-refractivity contribution < 1.29 is 0 Å². The molecule has 66 valence electrons. The van der Waals surface area contributed by atoms with E-state index in [0.29, 0.717) is 0 Å². The Kier molecular flexibility index (Phi) is 0.456. The molecule has 0 aliphatic heterocycles. The van der Waals surface area contributed by atoms with E-state index in [1.807, 2.05) is 0 Å². The molecule has 0 nitrogen and oxygen atoms in total. The lowest BCUT2D eigenvalue weighted by atomic mass is 9.60. The van der Waals surface area contributed by atoms with Crippen molar-refractivity contribution >= 4 is 0 Å². The van der Waals surface area contributed by atoms with Crippen LogP contribution in [-0.4, -0.2) is 0 Å². The smallest absolute Gasteiger partial charge is 0.0130 e. The Balaban J connectivity index is 2.08. The van der Waals surface area contributed by atoms with Crippen LogP contribution in [0.3, 0.4) is 0 Å². The first-order chi connectivity index (χ1) is 5.25. The van der Waals surface area contributed by atoms with Gasteiger partial charge in [0.05, 0.1) is 0 Å². The van der Waals surface area contributed by atoms with Gasteiger partial charge in [0.15, 0.2) is 0 Å². The maximum Gasteiger partial charge on any atom is -0.0130 e. The molecule has 0 heterocycles. The molecule has 5 aliphatic carbocycles. The fraction of sp³-hybridized carbons (Fsp3) is 1.00. The molecule has 0 aromatic carbocycles. The van der Waals surface area contributed by atoms with Crippen molar-refractivity contribution in [1.29, 1.82) is 0 Å². The van der Waals surface area contributed by atoms with Gasteiger partial charge in [-0.1, -0.05) is 41.5 Å². The summed E-state index contributed by atoms with van der Waals surface area (Å²) in [6, 6.07) is 0. The molecule has 0 aromatic heterocycles. The van der Waals surface area contributed by atoms with Gasteiger partial charge in [0.2, 0.25) is 0 Å². The molecule has 0 saturated heterocycles. The second-order valence-electron chi connectivity index (χ2n) is 6.75. The first-order valence-electron chi connectivity index (χ1n) is 5.25. The zero-order valence-electron chi connectivity index (χ0n) is 9.00. The molecule has 5 fully saturated rings. The molecule has 5 rings (SSSR count). The fourth-order valence-electron chi connectivity index (χ4n) is 8.06. The van der Waals surface area contributed by atoms with Crippen LogP contribution in [0.15, 0.2) is 0 Å². The summed E-state index contributed by atoms with van der Waals surface area (Å²) in [5.74, 6) is 0. The summed E-state index contributed by atoms with van der Waals surface area (Å²) in [5, 5.41) is 0. The molecule has 0 spiro atoms. The van der Waals surface area contributed by atoms with E-state index in [-0.39, 0.29) is 0 Å². The topological polar surface area (TPSA) is 0 Å². The minimum Gasteiger partial charge on any atom is -0.0579 e. The normalized spacial score (nSPS) is 97.5. The molecule has 0 heteroatoms. The third kappa shape index (κ3) is 0.137. The zero-order chi connectivity index (χ0) is 9.00. The Morgan fingerprint density at radius 3 is 0.500 bits per heavy atom. The van der Waals surface area contributed by atoms with E-state index in [9.17, 15) is 0 Å². The molecular formula is C12H18. The second kappa shape index (κ2) is 0.849. The molecule has 0 radical (unpaired) electrons. The first kappa shape index (κ1) is 6.45. The van der Waals surface area contributed by atoms with Crippen LogP contribution in [0.25, 0.3) is 0 Å². The molecule has 0 unspecified atom stereocenters. The highest BCUT2D eigenvalue weighted by Gasteiger charge is 3.29. The molecule has 0 aromatic rings. The maximum atomic E-state index is 2.53. The van der Waals surface area contributed by atoms with Gasteiger partial charge < -0.3 is 0 Å². The maximum absolute atomic E-state index is 2.53. The van der Waals surface area contributed by atoms with Gasteiger partial charge in [-0.3, -0.25) is 0 Å². The van der Waals surface area contributed by atoms with Gasteiger partial charge in [0.25, 0.3) is 0 Å². The van der Waals surface area contributed by atoms with Crippen molar-refractivity contribution in [1.82, 2.24) is 0 Å². The van der Waals surface area contributed by atoms with Crippen molar-refractivity contribution in [3.8, 4) is 0 Å². The lowest BCUT2D eigenvalue weighted by Crippen LogP contribution is -2.39. The Morgan fingerprint density at radius 1 is 0.333 bits per heavy atom. The average molecular weight is 162 g/mol. The van der Waals surface area contributed by atoms with E-state index >= 15 is 0 Å². The van der Waals surface area contributed by atoms with E-state index in [0.717, 1.165) is 32.5 Å². The first-order valence-corrected chi connectivity index (χ1v) is 5.25. The predicted octanol–water partition coefficient (Wildman–Crippen LogP) is 3.08. The standard InChI is InChI=1S/C12H18/c1-7-8(2)9(7,3)12(6)10(7,4)11(8,12)5/h1-6H3. The minimum absolute atomic E-state index is 0.719. The van der Waals surface area contributed by atoms with Crippen molar-refractivity contribution in [2.24, 2.45) is 32.5 Å². The molecule has 12 heavy (non-hydrogen) atoms. The van der Waals surface area contributed by atoms with Crippen molar-refractivity contribution in [3.05, 3.63) is 0 Å². The van der Waals surface area contributed by atoms with Crippen molar-refractivity contribution in [2.45, 2.75) is 41.5 Å². The van der Waals surface area contributed by atoms with Crippen LogP contribution in [0.4, 0.5) is 0 Å². The Bertz CT molecular complexity index is 222. The van der Waals surface area contributed by atoms with Crippen LogP contribution < -0.4 is 0 Å². The van der Waals surface area contributed by atoms with E-state index < -0.39 is 0 Å². The van der Waals surface area contributed by atoms with E-state index in [2.05, 4.69) is 41.5 Å². The highest BCUT2D eigenvalue weighted by Crippen LogP contribution is 3.32. The molecule has 0 amide bonds. The van der Waals surface area contributed by atoms with Crippen LogP contribution in [0.2, 0.25) is 0 Å². The van der Waals surface area contributed by atoms with E-state index in [1.54, 1.807) is 0 Å². The van der Waals surface area contributed by atoms with Gasteiger partial charge in [-0.2, -0.15) is 0 Å². The second-order valence-corrected chi connectivity index (χ2v) is 6.75. The lowest BCUT2D eigenvalue weighted by molar-refractivity contribution is 0.0302. The molecule has 0 atom stereocenters.